The van der Waals surface area contributed by atoms with Crippen LogP contribution in [0.2, 0.25) is 0 Å². The van der Waals surface area contributed by atoms with Gasteiger partial charge in [-0.2, -0.15) is 0 Å². The Labute approximate surface area is 133 Å². The van der Waals surface area contributed by atoms with Crippen LogP contribution in [0, 0.1) is 9.52 Å². The van der Waals surface area contributed by atoms with Gasteiger partial charge in [-0.15, -0.1) is 0 Å². The van der Waals surface area contributed by atoms with Gasteiger partial charge < -0.3 is 0 Å². The molecule has 0 aliphatic carbocycles. The Hall–Kier alpha value is -2.02. The summed E-state index contributed by atoms with van der Waals surface area (Å²) in [5.74, 6) is 0.513. The third kappa shape index (κ3) is 2.17. The smallest absolute Gasteiger partial charge is 0.137 e. The monoisotopic (exact) mass is 389 g/mol. The standard InChI is InChI=1S/C16H9FIN3/c17-13-2-1-11-8-20-16(7-12(11)5-13)21-4-3-10-6-15(18)19-9-14(10)21/h1-9H. The lowest BCUT2D eigenvalue weighted by Crippen LogP contribution is -1.96. The van der Waals surface area contributed by atoms with Gasteiger partial charge in [0.1, 0.15) is 15.3 Å². The molecule has 3 heterocycles. The molecular formula is C16H9FIN3. The fraction of sp³-hybridized carbons (Fsp3) is 0. The summed E-state index contributed by atoms with van der Waals surface area (Å²) < 4.78 is 16.3. The van der Waals surface area contributed by atoms with E-state index in [1.54, 1.807) is 12.3 Å². The summed E-state index contributed by atoms with van der Waals surface area (Å²) in [7, 11) is 0. The number of hydrogen-bond donors (Lipinski definition) is 0. The topological polar surface area (TPSA) is 30.7 Å². The van der Waals surface area contributed by atoms with E-state index in [0.29, 0.717) is 0 Å². The van der Waals surface area contributed by atoms with E-state index in [9.17, 15) is 4.39 Å². The molecule has 3 aromatic heterocycles. The Morgan fingerprint density at radius 1 is 0.905 bits per heavy atom. The first-order chi connectivity index (χ1) is 10.2. The average Bonchev–Trinajstić information content (AvgIpc) is 2.89. The first-order valence-electron chi connectivity index (χ1n) is 6.39. The highest BCUT2D eigenvalue weighted by Gasteiger charge is 2.06. The third-order valence-electron chi connectivity index (χ3n) is 3.46. The Morgan fingerprint density at radius 3 is 2.71 bits per heavy atom. The molecule has 1 aromatic carbocycles. The summed E-state index contributed by atoms with van der Waals surface area (Å²) in [4.78, 5) is 8.78. The average molecular weight is 389 g/mol. The summed E-state index contributed by atoms with van der Waals surface area (Å²) >= 11 is 2.19. The maximum atomic E-state index is 13.4. The maximum Gasteiger partial charge on any atom is 0.137 e. The summed E-state index contributed by atoms with van der Waals surface area (Å²) in [5, 5.41) is 2.86. The molecule has 0 radical (unpaired) electrons. The Balaban J connectivity index is 1.95. The number of aromatic nitrogens is 3. The molecule has 0 spiro atoms. The second-order valence-electron chi connectivity index (χ2n) is 4.79. The highest BCUT2D eigenvalue weighted by atomic mass is 127. The third-order valence-corrected chi connectivity index (χ3v) is 4.05. The zero-order chi connectivity index (χ0) is 14.4. The Bertz CT molecular complexity index is 978. The van der Waals surface area contributed by atoms with Crippen LogP contribution >= 0.6 is 22.6 Å². The van der Waals surface area contributed by atoms with Crippen LogP contribution in [-0.4, -0.2) is 14.5 Å². The van der Waals surface area contributed by atoms with Gasteiger partial charge in [0.15, 0.2) is 0 Å². The van der Waals surface area contributed by atoms with Crippen molar-refractivity contribution in [1.82, 2.24) is 14.5 Å². The lowest BCUT2D eigenvalue weighted by molar-refractivity contribution is 0.629. The normalized spacial score (nSPS) is 11.3. The van der Waals surface area contributed by atoms with Gasteiger partial charge in [0.05, 0.1) is 11.7 Å². The lowest BCUT2D eigenvalue weighted by atomic mass is 10.2. The molecule has 0 saturated heterocycles. The summed E-state index contributed by atoms with van der Waals surface area (Å²) in [6.45, 7) is 0. The lowest BCUT2D eigenvalue weighted by Gasteiger charge is -2.06. The Morgan fingerprint density at radius 2 is 1.81 bits per heavy atom. The van der Waals surface area contributed by atoms with Crippen LogP contribution in [0.5, 0.6) is 0 Å². The quantitative estimate of drug-likeness (QED) is 0.359. The van der Waals surface area contributed by atoms with Crippen molar-refractivity contribution in [3.05, 3.63) is 64.5 Å². The van der Waals surface area contributed by atoms with Gasteiger partial charge in [0.2, 0.25) is 0 Å². The fourth-order valence-corrected chi connectivity index (χ4v) is 2.91. The van der Waals surface area contributed by atoms with Crippen molar-refractivity contribution >= 4 is 44.3 Å². The predicted molar refractivity (Wildman–Crippen MR) is 89.0 cm³/mol. The van der Waals surface area contributed by atoms with E-state index in [2.05, 4.69) is 32.6 Å². The molecule has 0 amide bonds. The second kappa shape index (κ2) is 4.77. The van der Waals surface area contributed by atoms with Crippen molar-refractivity contribution in [2.45, 2.75) is 0 Å². The Kier molecular flexibility index (Phi) is 2.88. The van der Waals surface area contributed by atoms with Crippen molar-refractivity contribution in [2.75, 3.05) is 0 Å². The van der Waals surface area contributed by atoms with Crippen LogP contribution in [0.3, 0.4) is 0 Å². The minimum atomic E-state index is -0.242. The summed E-state index contributed by atoms with van der Waals surface area (Å²) in [6.07, 6.45) is 5.54. The molecule has 4 rings (SSSR count). The van der Waals surface area contributed by atoms with Crippen molar-refractivity contribution in [3.8, 4) is 5.82 Å². The molecule has 0 N–H and O–H groups in total. The molecule has 5 heteroatoms. The largest absolute Gasteiger partial charge is 0.300 e. The first kappa shape index (κ1) is 12.7. The van der Waals surface area contributed by atoms with E-state index in [0.717, 1.165) is 31.2 Å². The van der Waals surface area contributed by atoms with E-state index < -0.39 is 0 Å². The maximum absolute atomic E-state index is 13.4. The van der Waals surface area contributed by atoms with E-state index in [4.69, 9.17) is 0 Å². The molecule has 0 saturated carbocycles. The minimum Gasteiger partial charge on any atom is -0.300 e. The van der Waals surface area contributed by atoms with Gasteiger partial charge in [-0.05, 0) is 64.4 Å². The van der Waals surface area contributed by atoms with Crippen LogP contribution in [0.15, 0.2) is 55.0 Å². The van der Waals surface area contributed by atoms with E-state index >= 15 is 0 Å². The van der Waals surface area contributed by atoms with Gasteiger partial charge >= 0.3 is 0 Å². The zero-order valence-corrected chi connectivity index (χ0v) is 13.0. The molecule has 0 aliphatic heterocycles. The molecule has 0 unspecified atom stereocenters. The molecule has 0 fully saturated rings. The number of rotatable bonds is 1. The molecule has 0 bridgehead atoms. The van der Waals surface area contributed by atoms with E-state index in [1.807, 2.05) is 35.2 Å². The second-order valence-corrected chi connectivity index (χ2v) is 5.89. The SMILES string of the molecule is Fc1ccc2cnc(-n3ccc4cc(I)ncc43)cc2c1. The van der Waals surface area contributed by atoms with Gasteiger partial charge in [0.25, 0.3) is 0 Å². The first-order valence-corrected chi connectivity index (χ1v) is 7.47. The van der Waals surface area contributed by atoms with Gasteiger partial charge in [-0.25, -0.2) is 14.4 Å². The van der Waals surface area contributed by atoms with Gasteiger partial charge in [-0.3, -0.25) is 4.57 Å². The number of halogens is 2. The van der Waals surface area contributed by atoms with Crippen molar-refractivity contribution in [1.29, 1.82) is 0 Å². The number of pyridine rings is 2. The van der Waals surface area contributed by atoms with Crippen molar-refractivity contribution in [2.24, 2.45) is 0 Å². The molecule has 3 nitrogen and oxygen atoms in total. The number of hydrogen-bond acceptors (Lipinski definition) is 2. The summed E-state index contributed by atoms with van der Waals surface area (Å²) in [6, 6.07) is 10.6. The zero-order valence-electron chi connectivity index (χ0n) is 10.8. The van der Waals surface area contributed by atoms with Crippen molar-refractivity contribution in [3.63, 3.8) is 0 Å². The molecule has 0 aliphatic rings. The molecule has 102 valence electrons. The number of benzene rings is 1. The predicted octanol–water partition coefficient (Wildman–Crippen LogP) is 4.32. The van der Waals surface area contributed by atoms with Crippen LogP contribution in [-0.2, 0) is 0 Å². The summed E-state index contributed by atoms with van der Waals surface area (Å²) in [5.41, 5.74) is 0.985. The highest BCUT2D eigenvalue weighted by Crippen LogP contribution is 2.23. The van der Waals surface area contributed by atoms with E-state index in [-0.39, 0.29) is 5.82 Å². The van der Waals surface area contributed by atoms with Crippen LogP contribution in [0.4, 0.5) is 4.39 Å². The van der Waals surface area contributed by atoms with Gasteiger partial charge in [0, 0.05) is 23.2 Å². The van der Waals surface area contributed by atoms with Crippen LogP contribution in [0.25, 0.3) is 27.5 Å². The van der Waals surface area contributed by atoms with Crippen LogP contribution in [0.1, 0.15) is 0 Å². The van der Waals surface area contributed by atoms with E-state index in [1.165, 1.54) is 12.1 Å². The van der Waals surface area contributed by atoms with Crippen LogP contribution < -0.4 is 0 Å². The number of nitrogens with zero attached hydrogens (tertiary/aromatic N) is 3. The van der Waals surface area contributed by atoms with Crippen molar-refractivity contribution < 1.29 is 4.39 Å². The molecule has 0 atom stereocenters. The molecule has 21 heavy (non-hydrogen) atoms. The number of fused-ring (bicyclic) bond motifs is 2. The fourth-order valence-electron chi connectivity index (χ4n) is 2.44. The molecular weight excluding hydrogens is 380 g/mol. The highest BCUT2D eigenvalue weighted by molar-refractivity contribution is 14.1. The minimum absolute atomic E-state index is 0.242. The molecule has 4 aromatic rings. The van der Waals surface area contributed by atoms with Gasteiger partial charge in [-0.1, -0.05) is 0 Å².